The number of hydrogen-bond donors (Lipinski definition) is 4. The number of aromatic nitrogens is 4. The zero-order valence-corrected chi connectivity index (χ0v) is 47.0. The van der Waals surface area contributed by atoms with Crippen molar-refractivity contribution in [3.05, 3.63) is 95.0 Å². The molecule has 16 nitrogen and oxygen atoms in total. The number of ether oxygens (including phenoxy) is 4. The number of anilines is 4. The van der Waals surface area contributed by atoms with Crippen molar-refractivity contribution < 1.29 is 53.7 Å². The van der Waals surface area contributed by atoms with E-state index in [2.05, 4.69) is 44.4 Å². The Bertz CT molecular complexity index is 2730. The van der Waals surface area contributed by atoms with Crippen LogP contribution in [0.15, 0.2) is 73.3 Å². The van der Waals surface area contributed by atoms with Crippen LogP contribution in [0, 0.1) is 23.5 Å². The van der Waals surface area contributed by atoms with Crippen LogP contribution in [0.5, 0.6) is 23.0 Å². The highest BCUT2D eigenvalue weighted by atomic mass is 79.9. The summed E-state index contributed by atoms with van der Waals surface area (Å²) < 4.78 is 102. The number of benzene rings is 4. The van der Waals surface area contributed by atoms with Crippen LogP contribution in [0.2, 0.25) is 10.0 Å². The molecule has 0 amide bonds. The number of methoxy groups -OCH3 is 2. The van der Waals surface area contributed by atoms with Crippen molar-refractivity contribution in [2.45, 2.75) is 90.3 Å². The fraction of sp³-hybridized carbons (Fsp3) is 0.417. The normalized spacial score (nSPS) is 17.4. The zero-order chi connectivity index (χ0) is 51.2. The third kappa shape index (κ3) is 19.8. The highest BCUT2D eigenvalue weighted by Crippen LogP contribution is 2.40. The Labute approximate surface area is 450 Å². The van der Waals surface area contributed by atoms with Crippen LogP contribution < -0.4 is 29.6 Å². The van der Waals surface area contributed by atoms with Crippen molar-refractivity contribution in [2.75, 3.05) is 37.4 Å². The minimum absolute atomic E-state index is 0. The topological polar surface area (TPSA) is 221 Å². The summed E-state index contributed by atoms with van der Waals surface area (Å²) in [6.07, 6.45) is 16.1. The van der Waals surface area contributed by atoms with E-state index in [-0.39, 0.29) is 56.2 Å². The molecule has 0 bridgehead atoms. The van der Waals surface area contributed by atoms with Gasteiger partial charge in [-0.25, -0.2) is 28.7 Å². The first-order valence-electron chi connectivity index (χ1n) is 22.4. The van der Waals surface area contributed by atoms with Crippen molar-refractivity contribution in [3.63, 3.8) is 0 Å². The summed E-state index contributed by atoms with van der Waals surface area (Å²) in [4.78, 5) is 17.4. The fourth-order valence-corrected chi connectivity index (χ4v) is 8.29. The molecule has 4 N–H and O–H groups in total. The average Bonchev–Trinajstić information content (AvgIpc) is 3.31. The second kappa shape index (κ2) is 28.9. The van der Waals surface area contributed by atoms with E-state index in [0.717, 1.165) is 59.3 Å². The van der Waals surface area contributed by atoms with Crippen LogP contribution in [0.1, 0.15) is 78.1 Å². The van der Waals surface area contributed by atoms with Gasteiger partial charge in [-0.1, -0.05) is 49.9 Å². The summed E-state index contributed by atoms with van der Waals surface area (Å²) in [6, 6.07) is 16.4. The third-order valence-electron chi connectivity index (χ3n) is 11.5. The molecule has 2 aliphatic rings. The minimum Gasteiger partial charge on any atom is -0.493 e. The average molecular weight is 1210 g/mol. The standard InChI is InChI=1S/2C23H25ClFN3O2.2CH4O3S.2BrH/c2*1-3-14-4-7-16(8-5-14)30-22-11-17-20(12-21(22)29-2)26-13-27-23(17)28-15-6-9-19(25)18(24)10-15;2*1-5(2,3)4;;/h2*6,9-14,16H,3-5,7-8H2,1-2H3,(H,26,27,28);2*1H3,(H,2,3,4);2*1H. The highest BCUT2D eigenvalue weighted by molar-refractivity contribution is 8.93. The maximum absolute atomic E-state index is 13.5. The first-order chi connectivity index (χ1) is 33.1. The van der Waals surface area contributed by atoms with Gasteiger partial charge in [0, 0.05) is 34.3 Å². The third-order valence-corrected chi connectivity index (χ3v) is 12.1. The molecule has 0 spiro atoms. The Balaban J connectivity index is 0.000000313. The summed E-state index contributed by atoms with van der Waals surface area (Å²) in [7, 11) is -4.08. The zero-order valence-electron chi connectivity index (χ0n) is 40.4. The van der Waals surface area contributed by atoms with Gasteiger partial charge < -0.3 is 29.6 Å². The van der Waals surface area contributed by atoms with Crippen LogP contribution >= 0.6 is 57.2 Å². The predicted octanol–water partition coefficient (Wildman–Crippen LogP) is 13.2. The lowest BCUT2D eigenvalue weighted by atomic mass is 9.86. The lowest BCUT2D eigenvalue weighted by Gasteiger charge is -2.28. The highest BCUT2D eigenvalue weighted by Gasteiger charge is 2.25. The van der Waals surface area contributed by atoms with E-state index in [1.807, 2.05) is 24.3 Å². The van der Waals surface area contributed by atoms with Crippen LogP contribution in [0.25, 0.3) is 21.8 Å². The SMILES string of the molecule is Br.Br.CCC1CCC(Oc2cc3c(Nc4ccc(F)c(Cl)c4)ncnc3cc2OC)CC1.CCC1CCC(Oc2cc3c(Nc4ccc(F)c(Cl)c4)ncnc3cc2OC)CC1.CS(=O)(=O)O.CS(=O)(=O)O. The lowest BCUT2D eigenvalue weighted by Crippen LogP contribution is -2.24. The van der Waals surface area contributed by atoms with Gasteiger partial charge in [-0.3, -0.25) is 9.11 Å². The molecule has 0 aliphatic heterocycles. The van der Waals surface area contributed by atoms with Crippen molar-refractivity contribution in [3.8, 4) is 23.0 Å². The summed E-state index contributed by atoms with van der Waals surface area (Å²) in [6.45, 7) is 4.50. The van der Waals surface area contributed by atoms with Crippen LogP contribution in [-0.2, 0) is 20.2 Å². The van der Waals surface area contributed by atoms with Crippen LogP contribution in [0.3, 0.4) is 0 Å². The summed E-state index contributed by atoms with van der Waals surface area (Å²) in [5, 5.41) is 8.07. The maximum atomic E-state index is 13.5. The van der Waals surface area contributed by atoms with Crippen LogP contribution in [-0.4, -0.2) is 84.8 Å². The molecule has 72 heavy (non-hydrogen) atoms. The summed E-state index contributed by atoms with van der Waals surface area (Å²) in [5.41, 5.74) is 2.72. The molecule has 0 saturated heterocycles. The minimum atomic E-state index is -3.67. The van der Waals surface area contributed by atoms with E-state index in [4.69, 9.17) is 51.3 Å². The van der Waals surface area contributed by atoms with Crippen molar-refractivity contribution in [2.24, 2.45) is 11.8 Å². The van der Waals surface area contributed by atoms with E-state index in [0.29, 0.717) is 58.5 Å². The molecule has 2 fully saturated rings. The molecule has 4 aromatic carbocycles. The van der Waals surface area contributed by atoms with Gasteiger partial charge in [-0.2, -0.15) is 16.8 Å². The van der Waals surface area contributed by atoms with E-state index in [1.165, 1.54) is 75.4 Å². The van der Waals surface area contributed by atoms with Gasteiger partial charge in [-0.15, -0.1) is 34.0 Å². The molecular formula is C48H60Br2Cl2F2N6O10S2. The molecule has 0 atom stereocenters. The summed E-state index contributed by atoms with van der Waals surface area (Å²) in [5.74, 6) is 4.50. The van der Waals surface area contributed by atoms with Crippen molar-refractivity contribution in [1.29, 1.82) is 0 Å². The predicted molar refractivity (Wildman–Crippen MR) is 290 cm³/mol. The Morgan fingerprint density at radius 3 is 1.19 bits per heavy atom. The van der Waals surface area contributed by atoms with Crippen LogP contribution in [0.4, 0.5) is 31.8 Å². The number of halogens is 6. The second-order valence-corrected chi connectivity index (χ2v) is 20.5. The quantitative estimate of drug-likeness (QED) is 0.0837. The van der Waals surface area contributed by atoms with Crippen molar-refractivity contribution >= 4 is 122 Å². The molecule has 2 heterocycles. The van der Waals surface area contributed by atoms with Gasteiger partial charge in [0.15, 0.2) is 23.0 Å². The molecular weight excluding hydrogens is 1150 g/mol. The molecule has 8 rings (SSSR count). The molecule has 6 aromatic rings. The van der Waals surface area contributed by atoms with E-state index in [9.17, 15) is 25.6 Å². The largest absolute Gasteiger partial charge is 0.493 e. The molecule has 2 saturated carbocycles. The Kier molecular flexibility index (Phi) is 24.8. The molecule has 2 aromatic heterocycles. The van der Waals surface area contributed by atoms with Gasteiger partial charge in [-0.05, 0) is 112 Å². The smallest absolute Gasteiger partial charge is 0.261 e. The number of fused-ring (bicyclic) bond motifs is 2. The summed E-state index contributed by atoms with van der Waals surface area (Å²) >= 11 is 11.8. The van der Waals surface area contributed by atoms with E-state index in [1.54, 1.807) is 26.4 Å². The van der Waals surface area contributed by atoms with Gasteiger partial charge in [0.1, 0.15) is 35.9 Å². The fourth-order valence-electron chi connectivity index (χ4n) is 7.93. The number of hydrogen-bond acceptors (Lipinski definition) is 14. The monoisotopic (exact) mass is 1210 g/mol. The molecule has 0 unspecified atom stereocenters. The van der Waals surface area contributed by atoms with Gasteiger partial charge >= 0.3 is 0 Å². The van der Waals surface area contributed by atoms with E-state index < -0.39 is 31.9 Å². The molecule has 2 aliphatic carbocycles. The maximum Gasteiger partial charge on any atom is 0.261 e. The van der Waals surface area contributed by atoms with Crippen molar-refractivity contribution in [1.82, 2.24) is 19.9 Å². The lowest BCUT2D eigenvalue weighted by molar-refractivity contribution is 0.126. The Morgan fingerprint density at radius 2 is 0.903 bits per heavy atom. The molecule has 24 heteroatoms. The first kappa shape index (κ1) is 61.9. The number of nitrogens with zero attached hydrogens (tertiary/aromatic N) is 4. The van der Waals surface area contributed by atoms with Gasteiger partial charge in [0.2, 0.25) is 0 Å². The van der Waals surface area contributed by atoms with Gasteiger partial charge in [0.05, 0.1) is 60.0 Å². The van der Waals surface area contributed by atoms with Gasteiger partial charge in [0.25, 0.3) is 20.2 Å². The Hall–Kier alpha value is -4.42. The first-order valence-corrected chi connectivity index (χ1v) is 26.9. The second-order valence-electron chi connectivity index (χ2n) is 16.8. The Morgan fingerprint density at radius 1 is 0.569 bits per heavy atom. The number of rotatable bonds is 12. The van der Waals surface area contributed by atoms with E-state index >= 15 is 0 Å². The molecule has 0 radical (unpaired) electrons. The number of nitrogens with one attached hydrogen (secondary N) is 2. The molecule has 396 valence electrons.